The van der Waals surface area contributed by atoms with Crippen LogP contribution in [0.3, 0.4) is 0 Å². The molecule has 0 bridgehead atoms. The molecular weight excluding hydrogens is 250 g/mol. The molecular formula is C16H23N3O. The molecule has 0 aliphatic heterocycles. The predicted molar refractivity (Wildman–Crippen MR) is 81.5 cm³/mol. The smallest absolute Gasteiger partial charge is 0.0873 e. The Hall–Kier alpha value is -1.55. The van der Waals surface area contributed by atoms with Crippen molar-refractivity contribution in [3.05, 3.63) is 29.3 Å². The van der Waals surface area contributed by atoms with Crippen molar-refractivity contribution < 1.29 is 5.21 Å². The zero-order valence-electron chi connectivity index (χ0n) is 11.8. The van der Waals surface area contributed by atoms with Gasteiger partial charge in [-0.1, -0.05) is 11.2 Å². The van der Waals surface area contributed by atoms with Crippen molar-refractivity contribution in [3.63, 3.8) is 0 Å². The van der Waals surface area contributed by atoms with Gasteiger partial charge in [0.25, 0.3) is 0 Å². The van der Waals surface area contributed by atoms with E-state index in [1.807, 2.05) is 0 Å². The second kappa shape index (κ2) is 5.83. The van der Waals surface area contributed by atoms with Crippen molar-refractivity contribution in [2.75, 3.05) is 11.9 Å². The fraction of sp³-hybridized carbons (Fsp3) is 0.562. The summed E-state index contributed by atoms with van der Waals surface area (Å²) in [6.07, 6.45) is 6.61. The van der Waals surface area contributed by atoms with Gasteiger partial charge in [-0.15, -0.1) is 0 Å². The first-order valence-electron chi connectivity index (χ1n) is 7.60. The van der Waals surface area contributed by atoms with Crippen molar-refractivity contribution in [1.29, 1.82) is 0 Å². The van der Waals surface area contributed by atoms with Crippen LogP contribution in [0.5, 0.6) is 0 Å². The normalized spacial score (nSPS) is 27.6. The molecule has 4 heteroatoms. The molecule has 3 rings (SSSR count). The summed E-state index contributed by atoms with van der Waals surface area (Å²) < 4.78 is 0. The van der Waals surface area contributed by atoms with E-state index < -0.39 is 0 Å². The van der Waals surface area contributed by atoms with E-state index in [1.165, 1.54) is 24.1 Å². The number of hydrogen-bond donors (Lipinski definition) is 3. The number of nitrogens with two attached hydrogens (primary N) is 1. The second-order valence-corrected chi connectivity index (χ2v) is 6.08. The number of hydrogen-bond acceptors (Lipinski definition) is 4. The average Bonchev–Trinajstić information content (AvgIpc) is 2.89. The Bertz CT molecular complexity index is 504. The Balaban J connectivity index is 1.59. The lowest BCUT2D eigenvalue weighted by Gasteiger charge is -2.26. The summed E-state index contributed by atoms with van der Waals surface area (Å²) in [4.78, 5) is 0. The van der Waals surface area contributed by atoms with E-state index in [-0.39, 0.29) is 0 Å². The molecule has 4 N–H and O–H groups in total. The van der Waals surface area contributed by atoms with E-state index in [0.29, 0.717) is 6.04 Å². The first kappa shape index (κ1) is 13.4. The van der Waals surface area contributed by atoms with Crippen LogP contribution in [-0.2, 0) is 6.42 Å². The Labute approximate surface area is 120 Å². The minimum atomic E-state index is 0.419. The van der Waals surface area contributed by atoms with Gasteiger partial charge in [0.2, 0.25) is 0 Å². The number of nitrogens with one attached hydrogen (secondary N) is 1. The number of nitrogens with zero attached hydrogens (tertiary/aromatic N) is 1. The molecule has 2 aliphatic rings. The molecule has 0 radical (unpaired) electrons. The van der Waals surface area contributed by atoms with Crippen molar-refractivity contribution in [3.8, 4) is 0 Å². The summed E-state index contributed by atoms with van der Waals surface area (Å²) in [5.41, 5.74) is 10.3. The van der Waals surface area contributed by atoms with Gasteiger partial charge < -0.3 is 16.3 Å². The third-order valence-electron chi connectivity index (χ3n) is 4.65. The Morgan fingerprint density at radius 3 is 2.75 bits per heavy atom. The van der Waals surface area contributed by atoms with E-state index in [4.69, 9.17) is 10.9 Å². The number of rotatable bonds is 3. The quantitative estimate of drug-likeness (QED) is 0.586. The highest BCUT2D eigenvalue weighted by atomic mass is 16.4. The molecule has 1 fully saturated rings. The lowest BCUT2D eigenvalue weighted by atomic mass is 9.86. The van der Waals surface area contributed by atoms with Gasteiger partial charge in [0.05, 0.1) is 5.71 Å². The van der Waals surface area contributed by atoms with E-state index in [9.17, 15) is 0 Å². The average molecular weight is 273 g/mol. The van der Waals surface area contributed by atoms with Gasteiger partial charge in [0.15, 0.2) is 0 Å². The number of aryl methyl sites for hydroxylation is 1. The maximum Gasteiger partial charge on any atom is 0.0873 e. The fourth-order valence-electron chi connectivity index (χ4n) is 3.34. The molecule has 1 aromatic carbocycles. The highest BCUT2D eigenvalue weighted by Crippen LogP contribution is 2.27. The van der Waals surface area contributed by atoms with Crippen molar-refractivity contribution in [2.45, 2.75) is 44.6 Å². The topological polar surface area (TPSA) is 70.6 Å². The monoisotopic (exact) mass is 273 g/mol. The van der Waals surface area contributed by atoms with Gasteiger partial charge in [-0.05, 0) is 62.1 Å². The highest BCUT2D eigenvalue weighted by molar-refractivity contribution is 6.04. The van der Waals surface area contributed by atoms with Crippen LogP contribution < -0.4 is 11.1 Å². The molecule has 0 aromatic heterocycles. The molecule has 2 aliphatic carbocycles. The van der Waals surface area contributed by atoms with Crippen molar-refractivity contribution in [2.24, 2.45) is 16.8 Å². The van der Waals surface area contributed by atoms with Gasteiger partial charge in [-0.25, -0.2) is 0 Å². The Morgan fingerprint density at radius 1 is 1.20 bits per heavy atom. The molecule has 0 saturated heterocycles. The van der Waals surface area contributed by atoms with Crippen LogP contribution in [0.25, 0.3) is 0 Å². The lowest BCUT2D eigenvalue weighted by molar-refractivity contribution is 0.318. The number of oxime groups is 1. The van der Waals surface area contributed by atoms with Gasteiger partial charge >= 0.3 is 0 Å². The van der Waals surface area contributed by atoms with Gasteiger partial charge in [-0.2, -0.15) is 0 Å². The minimum absolute atomic E-state index is 0.419. The summed E-state index contributed by atoms with van der Waals surface area (Å²) in [5, 5.41) is 15.9. The largest absolute Gasteiger partial charge is 0.411 e. The van der Waals surface area contributed by atoms with Crippen LogP contribution in [0.1, 0.15) is 43.2 Å². The van der Waals surface area contributed by atoms with Gasteiger partial charge in [0, 0.05) is 23.8 Å². The molecule has 20 heavy (non-hydrogen) atoms. The molecule has 108 valence electrons. The van der Waals surface area contributed by atoms with Crippen LogP contribution in [0, 0.1) is 5.92 Å². The fourth-order valence-corrected chi connectivity index (χ4v) is 3.34. The molecule has 0 atom stereocenters. The second-order valence-electron chi connectivity index (χ2n) is 6.08. The lowest BCUT2D eigenvalue weighted by Crippen LogP contribution is -2.29. The summed E-state index contributed by atoms with van der Waals surface area (Å²) in [6, 6.07) is 6.77. The van der Waals surface area contributed by atoms with Crippen LogP contribution in [0.15, 0.2) is 23.4 Å². The zero-order valence-corrected chi connectivity index (χ0v) is 11.8. The third-order valence-corrected chi connectivity index (χ3v) is 4.65. The van der Waals surface area contributed by atoms with Crippen LogP contribution >= 0.6 is 0 Å². The SMILES string of the molecule is NC1CCC(CNc2ccc3c(c2)CCC3=NO)CC1. The van der Waals surface area contributed by atoms with Crippen LogP contribution in [-0.4, -0.2) is 23.5 Å². The van der Waals surface area contributed by atoms with E-state index in [2.05, 4.69) is 28.7 Å². The molecule has 0 heterocycles. The molecule has 1 saturated carbocycles. The maximum atomic E-state index is 8.94. The summed E-state index contributed by atoms with van der Waals surface area (Å²) >= 11 is 0. The van der Waals surface area contributed by atoms with E-state index in [1.54, 1.807) is 0 Å². The molecule has 0 amide bonds. The van der Waals surface area contributed by atoms with Gasteiger partial charge in [-0.3, -0.25) is 0 Å². The number of fused-ring (bicyclic) bond motifs is 1. The van der Waals surface area contributed by atoms with Crippen molar-refractivity contribution in [1.82, 2.24) is 0 Å². The molecule has 0 spiro atoms. The first-order chi connectivity index (χ1) is 9.76. The Kier molecular flexibility index (Phi) is 3.92. The highest BCUT2D eigenvalue weighted by Gasteiger charge is 2.20. The van der Waals surface area contributed by atoms with Gasteiger partial charge in [0.1, 0.15) is 0 Å². The van der Waals surface area contributed by atoms with E-state index in [0.717, 1.165) is 49.4 Å². The predicted octanol–water partition coefficient (Wildman–Crippen LogP) is 2.74. The summed E-state index contributed by atoms with van der Waals surface area (Å²) in [5.74, 6) is 0.748. The number of benzene rings is 1. The van der Waals surface area contributed by atoms with E-state index >= 15 is 0 Å². The first-order valence-corrected chi connectivity index (χ1v) is 7.60. The van der Waals surface area contributed by atoms with Crippen LogP contribution in [0.4, 0.5) is 5.69 Å². The molecule has 1 aromatic rings. The summed E-state index contributed by atoms with van der Waals surface area (Å²) in [7, 11) is 0. The standard InChI is InChI=1S/C16H23N3O/c17-13-4-1-11(2-5-13)10-18-14-6-7-15-12(9-14)3-8-16(15)19-20/h6-7,9,11,13,18,20H,1-5,8,10,17H2. The maximum absolute atomic E-state index is 8.94. The Morgan fingerprint density at radius 2 is 2.00 bits per heavy atom. The summed E-state index contributed by atoms with van der Waals surface area (Å²) in [6.45, 7) is 1.03. The molecule has 4 nitrogen and oxygen atoms in total. The minimum Gasteiger partial charge on any atom is -0.411 e. The zero-order chi connectivity index (χ0) is 13.9. The third kappa shape index (κ3) is 2.80. The van der Waals surface area contributed by atoms with Crippen LogP contribution in [0.2, 0.25) is 0 Å². The molecule has 0 unspecified atom stereocenters. The van der Waals surface area contributed by atoms with Crippen molar-refractivity contribution >= 4 is 11.4 Å². The number of anilines is 1.